The first-order valence-corrected chi connectivity index (χ1v) is 7.00. The number of para-hydroxylation sites is 1. The van der Waals surface area contributed by atoms with E-state index in [-0.39, 0.29) is 5.75 Å². The Morgan fingerprint density at radius 1 is 1.20 bits per heavy atom. The van der Waals surface area contributed by atoms with Crippen LogP contribution in [0.2, 0.25) is 0 Å². The van der Waals surface area contributed by atoms with E-state index in [1.54, 1.807) is 13.2 Å². The highest BCUT2D eigenvalue weighted by atomic mass is 16.5. The molecule has 1 rings (SSSR count). The standard InChI is InChI=1S/C15H25NO4/c1-3-20-14-7-4-6-13(15(14)17)12-16-8-5-9-19-11-10-18-2/h4,6-7,16-17H,3,5,8-12H2,1-2H3. The normalized spacial score (nSPS) is 10.7. The summed E-state index contributed by atoms with van der Waals surface area (Å²) in [6.07, 6.45) is 0.926. The van der Waals surface area contributed by atoms with Gasteiger partial charge >= 0.3 is 0 Å². The van der Waals surface area contributed by atoms with Gasteiger partial charge in [-0.3, -0.25) is 0 Å². The Kier molecular flexibility index (Phi) is 8.78. The predicted octanol–water partition coefficient (Wildman–Crippen LogP) is 1.93. The molecule has 0 amide bonds. The van der Waals surface area contributed by atoms with E-state index in [0.717, 1.165) is 18.5 Å². The van der Waals surface area contributed by atoms with Crippen molar-refractivity contribution in [3.63, 3.8) is 0 Å². The maximum atomic E-state index is 10.0. The second kappa shape index (κ2) is 10.5. The predicted molar refractivity (Wildman–Crippen MR) is 78.3 cm³/mol. The van der Waals surface area contributed by atoms with Gasteiger partial charge in [0, 0.05) is 25.8 Å². The molecule has 0 spiro atoms. The summed E-state index contributed by atoms with van der Waals surface area (Å²) in [6.45, 7) is 5.87. The topological polar surface area (TPSA) is 60.0 Å². The number of phenols is 1. The number of nitrogens with one attached hydrogen (secondary N) is 1. The summed E-state index contributed by atoms with van der Waals surface area (Å²) in [5, 5.41) is 13.3. The van der Waals surface area contributed by atoms with E-state index in [1.165, 1.54) is 0 Å². The van der Waals surface area contributed by atoms with Crippen molar-refractivity contribution in [1.29, 1.82) is 0 Å². The molecule has 20 heavy (non-hydrogen) atoms. The average molecular weight is 283 g/mol. The number of phenolic OH excluding ortho intramolecular Hbond substituents is 1. The Labute approximate surface area is 120 Å². The van der Waals surface area contributed by atoms with Crippen LogP contribution in [0.5, 0.6) is 11.5 Å². The van der Waals surface area contributed by atoms with Gasteiger partial charge in [0.1, 0.15) is 0 Å². The number of methoxy groups -OCH3 is 1. The zero-order chi connectivity index (χ0) is 14.6. The van der Waals surface area contributed by atoms with Crippen LogP contribution >= 0.6 is 0 Å². The minimum atomic E-state index is 0.221. The van der Waals surface area contributed by atoms with Gasteiger partial charge in [-0.25, -0.2) is 0 Å². The van der Waals surface area contributed by atoms with E-state index in [2.05, 4.69) is 5.32 Å². The number of hydrogen-bond acceptors (Lipinski definition) is 5. The minimum Gasteiger partial charge on any atom is -0.504 e. The highest BCUT2D eigenvalue weighted by Gasteiger charge is 2.06. The van der Waals surface area contributed by atoms with Crippen LogP contribution in [-0.2, 0) is 16.0 Å². The summed E-state index contributed by atoms with van der Waals surface area (Å²) < 4.78 is 15.6. The molecule has 0 bridgehead atoms. The first kappa shape index (κ1) is 16.8. The molecule has 2 N–H and O–H groups in total. The summed E-state index contributed by atoms with van der Waals surface area (Å²) in [5.74, 6) is 0.757. The molecule has 0 aliphatic carbocycles. The lowest BCUT2D eigenvalue weighted by atomic mass is 10.2. The van der Waals surface area contributed by atoms with Crippen LogP contribution in [0.3, 0.4) is 0 Å². The van der Waals surface area contributed by atoms with Gasteiger partial charge in [0.2, 0.25) is 0 Å². The number of benzene rings is 1. The maximum Gasteiger partial charge on any atom is 0.162 e. The molecule has 0 heterocycles. The Balaban J connectivity index is 2.20. The van der Waals surface area contributed by atoms with Gasteiger partial charge in [0.15, 0.2) is 11.5 Å². The van der Waals surface area contributed by atoms with Gasteiger partial charge in [-0.1, -0.05) is 12.1 Å². The zero-order valence-electron chi connectivity index (χ0n) is 12.4. The molecule has 0 saturated carbocycles. The fraction of sp³-hybridized carbons (Fsp3) is 0.600. The molecular formula is C15H25NO4. The van der Waals surface area contributed by atoms with Crippen molar-refractivity contribution in [2.45, 2.75) is 19.9 Å². The van der Waals surface area contributed by atoms with E-state index in [0.29, 0.717) is 38.7 Å². The molecule has 5 heteroatoms. The molecule has 114 valence electrons. The van der Waals surface area contributed by atoms with Crippen LogP contribution in [0.4, 0.5) is 0 Å². The molecular weight excluding hydrogens is 258 g/mol. The number of hydrogen-bond donors (Lipinski definition) is 2. The van der Waals surface area contributed by atoms with Crippen LogP contribution < -0.4 is 10.1 Å². The molecule has 0 aromatic heterocycles. The smallest absolute Gasteiger partial charge is 0.162 e. The number of aromatic hydroxyl groups is 1. The third kappa shape index (κ3) is 6.23. The van der Waals surface area contributed by atoms with Crippen LogP contribution in [0.1, 0.15) is 18.9 Å². The fourth-order valence-electron chi connectivity index (χ4n) is 1.75. The van der Waals surface area contributed by atoms with Crippen molar-refractivity contribution >= 4 is 0 Å². The molecule has 0 unspecified atom stereocenters. The van der Waals surface area contributed by atoms with Crippen molar-refractivity contribution in [2.24, 2.45) is 0 Å². The van der Waals surface area contributed by atoms with Crippen LogP contribution in [0, 0.1) is 0 Å². The van der Waals surface area contributed by atoms with E-state index >= 15 is 0 Å². The van der Waals surface area contributed by atoms with Crippen LogP contribution in [0.15, 0.2) is 18.2 Å². The van der Waals surface area contributed by atoms with E-state index in [9.17, 15) is 5.11 Å². The van der Waals surface area contributed by atoms with Crippen LogP contribution in [-0.4, -0.2) is 45.2 Å². The SMILES string of the molecule is CCOc1cccc(CNCCCOCCOC)c1O. The number of ether oxygens (including phenoxy) is 3. The highest BCUT2D eigenvalue weighted by Crippen LogP contribution is 2.29. The Morgan fingerprint density at radius 3 is 2.80 bits per heavy atom. The van der Waals surface area contributed by atoms with Crippen molar-refractivity contribution in [3.8, 4) is 11.5 Å². The molecule has 0 atom stereocenters. The molecule has 1 aromatic carbocycles. The molecule has 0 aliphatic rings. The zero-order valence-corrected chi connectivity index (χ0v) is 12.4. The van der Waals surface area contributed by atoms with Crippen molar-refractivity contribution in [1.82, 2.24) is 5.32 Å². The Bertz CT molecular complexity index is 371. The molecule has 0 fully saturated rings. The summed E-state index contributed by atoms with van der Waals surface area (Å²) in [4.78, 5) is 0. The van der Waals surface area contributed by atoms with Crippen molar-refractivity contribution in [3.05, 3.63) is 23.8 Å². The van der Waals surface area contributed by atoms with Gasteiger partial charge in [0.25, 0.3) is 0 Å². The van der Waals surface area contributed by atoms with E-state index < -0.39 is 0 Å². The molecule has 0 saturated heterocycles. The first-order valence-electron chi connectivity index (χ1n) is 7.00. The quantitative estimate of drug-likeness (QED) is 0.608. The lowest BCUT2D eigenvalue weighted by molar-refractivity contribution is 0.0694. The average Bonchev–Trinajstić information content (AvgIpc) is 2.45. The molecule has 0 radical (unpaired) electrons. The highest BCUT2D eigenvalue weighted by molar-refractivity contribution is 5.45. The van der Waals surface area contributed by atoms with Gasteiger partial charge in [-0.2, -0.15) is 0 Å². The second-order valence-corrected chi connectivity index (χ2v) is 4.33. The van der Waals surface area contributed by atoms with Gasteiger partial charge in [-0.15, -0.1) is 0 Å². The third-order valence-corrected chi connectivity index (χ3v) is 2.77. The molecule has 5 nitrogen and oxygen atoms in total. The summed E-state index contributed by atoms with van der Waals surface area (Å²) in [5.41, 5.74) is 0.844. The lowest BCUT2D eigenvalue weighted by Gasteiger charge is -2.11. The van der Waals surface area contributed by atoms with Crippen molar-refractivity contribution in [2.75, 3.05) is 40.1 Å². The summed E-state index contributed by atoms with van der Waals surface area (Å²) >= 11 is 0. The molecule has 0 aliphatic heterocycles. The Hall–Kier alpha value is -1.30. The molecule has 1 aromatic rings. The van der Waals surface area contributed by atoms with Crippen LogP contribution in [0.25, 0.3) is 0 Å². The van der Waals surface area contributed by atoms with Gasteiger partial charge in [-0.05, 0) is 26.0 Å². The van der Waals surface area contributed by atoms with Crippen molar-refractivity contribution < 1.29 is 19.3 Å². The number of rotatable bonds is 11. The first-order chi connectivity index (χ1) is 9.79. The summed E-state index contributed by atoms with van der Waals surface area (Å²) in [7, 11) is 1.66. The Morgan fingerprint density at radius 2 is 2.05 bits per heavy atom. The minimum absolute atomic E-state index is 0.221. The lowest BCUT2D eigenvalue weighted by Crippen LogP contribution is -2.17. The monoisotopic (exact) mass is 283 g/mol. The summed E-state index contributed by atoms with van der Waals surface area (Å²) in [6, 6.07) is 5.54. The second-order valence-electron chi connectivity index (χ2n) is 4.33. The van der Waals surface area contributed by atoms with Gasteiger partial charge < -0.3 is 24.6 Å². The largest absolute Gasteiger partial charge is 0.504 e. The van der Waals surface area contributed by atoms with Gasteiger partial charge in [0.05, 0.1) is 19.8 Å². The van der Waals surface area contributed by atoms with E-state index in [4.69, 9.17) is 14.2 Å². The fourth-order valence-corrected chi connectivity index (χ4v) is 1.75. The maximum absolute atomic E-state index is 10.0. The van der Waals surface area contributed by atoms with E-state index in [1.807, 2.05) is 19.1 Å². The third-order valence-electron chi connectivity index (χ3n) is 2.77.